The molecule has 0 aliphatic heterocycles. The minimum Gasteiger partial charge on any atom is -0.0651 e. The second-order valence-corrected chi connectivity index (χ2v) is 6.04. The SMILES string of the molecule is CCC(CC)C(C)C(C)(C(C)C)C(C)C. The van der Waals surface area contributed by atoms with Gasteiger partial charge in [0, 0.05) is 0 Å². The van der Waals surface area contributed by atoms with E-state index in [0.717, 1.165) is 23.7 Å². The van der Waals surface area contributed by atoms with Gasteiger partial charge in [0.05, 0.1) is 0 Å². The predicted octanol–water partition coefficient (Wildman–Crippen LogP) is 5.38. The van der Waals surface area contributed by atoms with Crippen LogP contribution in [0, 0.1) is 29.1 Å². The second-order valence-electron chi connectivity index (χ2n) is 6.04. The third-order valence-corrected chi connectivity index (χ3v) is 5.23. The highest BCUT2D eigenvalue weighted by Gasteiger charge is 2.39. The van der Waals surface area contributed by atoms with Crippen LogP contribution in [0.2, 0.25) is 0 Å². The summed E-state index contributed by atoms with van der Waals surface area (Å²) in [6.07, 6.45) is 2.65. The summed E-state index contributed by atoms with van der Waals surface area (Å²) in [7, 11) is 0. The van der Waals surface area contributed by atoms with Crippen LogP contribution in [0.4, 0.5) is 0 Å². The fraction of sp³-hybridized carbons (Fsp3) is 1.00. The van der Waals surface area contributed by atoms with Crippen molar-refractivity contribution in [2.24, 2.45) is 29.1 Å². The zero-order chi connectivity index (χ0) is 12.2. The molecule has 0 saturated carbocycles. The molecule has 15 heavy (non-hydrogen) atoms. The van der Waals surface area contributed by atoms with Crippen molar-refractivity contribution >= 4 is 0 Å². The summed E-state index contributed by atoms with van der Waals surface area (Å²) in [5.74, 6) is 3.26. The summed E-state index contributed by atoms with van der Waals surface area (Å²) >= 11 is 0. The molecule has 0 radical (unpaired) electrons. The molecule has 0 heteroatoms. The summed E-state index contributed by atoms with van der Waals surface area (Å²) in [6.45, 7) is 19.2. The van der Waals surface area contributed by atoms with Crippen LogP contribution in [-0.4, -0.2) is 0 Å². The molecule has 0 N–H and O–H groups in total. The fourth-order valence-corrected chi connectivity index (χ4v) is 3.22. The van der Waals surface area contributed by atoms with E-state index in [-0.39, 0.29) is 0 Å². The van der Waals surface area contributed by atoms with Crippen LogP contribution in [0.25, 0.3) is 0 Å². The lowest BCUT2D eigenvalue weighted by Gasteiger charge is -2.46. The molecule has 0 rings (SSSR count). The third-order valence-electron chi connectivity index (χ3n) is 5.23. The molecule has 0 aromatic carbocycles. The zero-order valence-electron chi connectivity index (χ0n) is 12.2. The van der Waals surface area contributed by atoms with Crippen molar-refractivity contribution < 1.29 is 0 Å². The highest BCUT2D eigenvalue weighted by molar-refractivity contribution is 4.88. The van der Waals surface area contributed by atoms with Crippen LogP contribution in [0.1, 0.15) is 68.2 Å². The molecule has 1 atom stereocenters. The summed E-state index contributed by atoms with van der Waals surface area (Å²) in [6, 6.07) is 0. The first kappa shape index (κ1) is 15.0. The Bertz CT molecular complexity index is 155. The van der Waals surface area contributed by atoms with Crippen molar-refractivity contribution in [2.75, 3.05) is 0 Å². The Kier molecular flexibility index (Phi) is 5.92. The minimum atomic E-state index is 0.483. The van der Waals surface area contributed by atoms with Crippen molar-refractivity contribution in [1.29, 1.82) is 0 Å². The zero-order valence-corrected chi connectivity index (χ0v) is 12.2. The van der Waals surface area contributed by atoms with Crippen molar-refractivity contribution in [1.82, 2.24) is 0 Å². The number of hydrogen-bond donors (Lipinski definition) is 0. The van der Waals surface area contributed by atoms with E-state index in [1.807, 2.05) is 0 Å². The molecule has 1 unspecified atom stereocenters. The van der Waals surface area contributed by atoms with Crippen molar-refractivity contribution in [3.05, 3.63) is 0 Å². The van der Waals surface area contributed by atoms with Crippen LogP contribution >= 0.6 is 0 Å². The van der Waals surface area contributed by atoms with E-state index < -0.39 is 0 Å². The van der Waals surface area contributed by atoms with E-state index in [0.29, 0.717) is 5.41 Å². The van der Waals surface area contributed by atoms with Crippen molar-refractivity contribution in [3.8, 4) is 0 Å². The Hall–Kier alpha value is 0. The Morgan fingerprint density at radius 2 is 1.13 bits per heavy atom. The first-order valence-corrected chi connectivity index (χ1v) is 6.82. The lowest BCUT2D eigenvalue weighted by molar-refractivity contribution is 0.0243. The standard InChI is InChI=1S/C15H32/c1-9-14(10-2)13(7)15(8,11(3)4)12(5)6/h11-14H,9-10H2,1-8H3. The molecule has 0 bridgehead atoms. The maximum absolute atomic E-state index is 2.49. The molecule has 92 valence electrons. The monoisotopic (exact) mass is 212 g/mol. The molecule has 0 amide bonds. The Balaban J connectivity index is 4.92. The van der Waals surface area contributed by atoms with E-state index in [1.165, 1.54) is 12.8 Å². The van der Waals surface area contributed by atoms with Crippen LogP contribution in [0.5, 0.6) is 0 Å². The van der Waals surface area contributed by atoms with Gasteiger partial charge < -0.3 is 0 Å². The van der Waals surface area contributed by atoms with E-state index >= 15 is 0 Å². The van der Waals surface area contributed by atoms with Gasteiger partial charge in [0.15, 0.2) is 0 Å². The minimum absolute atomic E-state index is 0.483. The van der Waals surface area contributed by atoms with Gasteiger partial charge in [-0.25, -0.2) is 0 Å². The Labute approximate surface area is 97.8 Å². The summed E-state index contributed by atoms with van der Waals surface area (Å²) in [5.41, 5.74) is 0.483. The van der Waals surface area contributed by atoms with Crippen molar-refractivity contribution in [3.63, 3.8) is 0 Å². The molecule has 0 aliphatic rings. The molecule has 0 fully saturated rings. The van der Waals surface area contributed by atoms with Gasteiger partial charge >= 0.3 is 0 Å². The molecule has 0 aromatic rings. The van der Waals surface area contributed by atoms with Crippen molar-refractivity contribution in [2.45, 2.75) is 68.2 Å². The molecule has 0 spiro atoms. The summed E-state index contributed by atoms with van der Waals surface area (Å²) < 4.78 is 0. The van der Waals surface area contributed by atoms with E-state index in [9.17, 15) is 0 Å². The Morgan fingerprint density at radius 1 is 0.800 bits per heavy atom. The highest BCUT2D eigenvalue weighted by Crippen LogP contribution is 2.46. The van der Waals surface area contributed by atoms with Gasteiger partial charge in [-0.1, -0.05) is 68.2 Å². The maximum Gasteiger partial charge on any atom is -0.0251 e. The van der Waals surface area contributed by atoms with Gasteiger partial charge in [0.25, 0.3) is 0 Å². The fourth-order valence-electron chi connectivity index (χ4n) is 3.22. The Morgan fingerprint density at radius 3 is 1.33 bits per heavy atom. The molecular formula is C15H32. The van der Waals surface area contributed by atoms with Crippen LogP contribution < -0.4 is 0 Å². The van der Waals surface area contributed by atoms with E-state index in [4.69, 9.17) is 0 Å². The molecule has 0 aromatic heterocycles. The molecule has 0 heterocycles. The molecule has 0 saturated heterocycles. The molecule has 0 nitrogen and oxygen atoms in total. The number of hydrogen-bond acceptors (Lipinski definition) is 0. The number of rotatable bonds is 6. The van der Waals surface area contributed by atoms with Gasteiger partial charge in [0.1, 0.15) is 0 Å². The van der Waals surface area contributed by atoms with Gasteiger partial charge in [-0.2, -0.15) is 0 Å². The molecule has 0 aliphatic carbocycles. The van der Waals surface area contributed by atoms with Crippen LogP contribution in [0.3, 0.4) is 0 Å². The molecular weight excluding hydrogens is 180 g/mol. The lowest BCUT2D eigenvalue weighted by Crippen LogP contribution is -2.39. The van der Waals surface area contributed by atoms with Gasteiger partial charge in [-0.3, -0.25) is 0 Å². The first-order valence-electron chi connectivity index (χ1n) is 6.82. The maximum atomic E-state index is 2.49. The van der Waals surface area contributed by atoms with E-state index in [2.05, 4.69) is 55.4 Å². The smallest absolute Gasteiger partial charge is 0.0251 e. The van der Waals surface area contributed by atoms with Gasteiger partial charge in [-0.05, 0) is 29.1 Å². The predicted molar refractivity (Wildman–Crippen MR) is 71.0 cm³/mol. The summed E-state index contributed by atoms with van der Waals surface area (Å²) in [4.78, 5) is 0. The largest absolute Gasteiger partial charge is 0.0651 e. The highest BCUT2D eigenvalue weighted by atomic mass is 14.4. The summed E-state index contributed by atoms with van der Waals surface area (Å²) in [5, 5.41) is 0. The lowest BCUT2D eigenvalue weighted by atomic mass is 9.59. The van der Waals surface area contributed by atoms with Gasteiger partial charge in [-0.15, -0.1) is 0 Å². The van der Waals surface area contributed by atoms with Crippen LogP contribution in [0.15, 0.2) is 0 Å². The third kappa shape index (κ3) is 2.98. The van der Waals surface area contributed by atoms with E-state index in [1.54, 1.807) is 0 Å². The first-order chi connectivity index (χ1) is 6.82. The average Bonchev–Trinajstić information content (AvgIpc) is 2.17. The normalized spacial score (nSPS) is 15.4. The average molecular weight is 212 g/mol. The van der Waals surface area contributed by atoms with Crippen LogP contribution in [-0.2, 0) is 0 Å². The second kappa shape index (κ2) is 5.92. The van der Waals surface area contributed by atoms with Gasteiger partial charge in [0.2, 0.25) is 0 Å². The topological polar surface area (TPSA) is 0 Å². The quantitative estimate of drug-likeness (QED) is 0.554.